The maximum Gasteiger partial charge on any atom is 0.262 e. The van der Waals surface area contributed by atoms with Gasteiger partial charge < -0.3 is 49.2 Å². The first-order valence-corrected chi connectivity index (χ1v) is 36.6. The van der Waals surface area contributed by atoms with Crippen molar-refractivity contribution in [2.75, 3.05) is 73.3 Å². The van der Waals surface area contributed by atoms with E-state index < -0.39 is 47.5 Å². The normalized spacial score (nSPS) is 13.4. The van der Waals surface area contributed by atoms with Crippen molar-refractivity contribution in [2.24, 2.45) is 0 Å². The lowest BCUT2D eigenvalue weighted by atomic mass is 9.80. The van der Waals surface area contributed by atoms with Crippen LogP contribution in [0.5, 0.6) is 46.0 Å². The Kier molecular flexibility index (Phi) is 21.1. The Morgan fingerprint density at radius 1 is 0.392 bits per heavy atom. The first kappa shape index (κ1) is 70.0. The van der Waals surface area contributed by atoms with Crippen LogP contribution < -0.4 is 28.7 Å². The van der Waals surface area contributed by atoms with Crippen LogP contribution in [0.15, 0.2) is 170 Å². The van der Waals surface area contributed by atoms with E-state index in [0.717, 1.165) is 32.1 Å². The van der Waals surface area contributed by atoms with Crippen molar-refractivity contribution >= 4 is 113 Å². The summed E-state index contributed by atoms with van der Waals surface area (Å²) in [6, 6.07) is 38.3. The average molecular weight is 1410 g/mol. The number of carbonyl (C=O) groups is 6. The number of rotatable bonds is 30. The van der Waals surface area contributed by atoms with Gasteiger partial charge in [0.1, 0.15) is 58.1 Å². The second kappa shape index (κ2) is 30.8. The molecule has 11 aromatic rings. The number of hydrogen-bond acceptors (Lipinski definition) is 18. The summed E-state index contributed by atoms with van der Waals surface area (Å²) in [5.74, 6) is -2.35. The average Bonchev–Trinajstić information content (AvgIpc) is 0.671. The standard InChI is InChI=1S/C80H74N6O14S2/c1-5-83(51-23-33-81-34-24-51)79(95)61(31-41-101-3)85-75(91)57-43-63(97-53-15-7-47(8-16-53)27-37-87)69-71-65(99-55-19-11-49(12-20-55)29-39-89)45-59-68-60(78(94)86(77(59)93)62(32-42-102-4)80(96)84(6-2)52-25-35-82-36-26-52)46-66(100-56-21-13-50(14-22-56)30-40-90)72(74(68)71)70-64(44-58(76(85)92)67(57)73(69)70)98-54-17-9-48(10-18-54)28-38-88/h7-26,33-36,43-46,61-62,87-90H,5-6,27-32,37-42H2,1-4H3. The number of anilines is 2. The van der Waals surface area contributed by atoms with Crippen LogP contribution in [0.1, 0.15) is 90.4 Å². The summed E-state index contributed by atoms with van der Waals surface area (Å²) in [6.45, 7) is 3.46. The molecule has 2 aromatic heterocycles. The summed E-state index contributed by atoms with van der Waals surface area (Å²) in [5, 5.41) is 41.7. The fourth-order valence-electron chi connectivity index (χ4n) is 13.9. The van der Waals surface area contributed by atoms with Crippen LogP contribution in [0, 0.1) is 0 Å². The number of aromatic nitrogens is 2. The van der Waals surface area contributed by atoms with E-state index >= 15 is 28.8 Å². The number of hydrogen-bond donors (Lipinski definition) is 4. The van der Waals surface area contributed by atoms with Gasteiger partial charge in [-0.2, -0.15) is 23.5 Å². The van der Waals surface area contributed by atoms with E-state index in [1.54, 1.807) is 184 Å². The highest BCUT2D eigenvalue weighted by atomic mass is 32.2. The monoisotopic (exact) mass is 1410 g/mol. The van der Waals surface area contributed by atoms with Crippen molar-refractivity contribution in [1.82, 2.24) is 19.8 Å². The third-order valence-corrected chi connectivity index (χ3v) is 20.0. The van der Waals surface area contributed by atoms with Crippen molar-refractivity contribution in [2.45, 2.75) is 64.5 Å². The van der Waals surface area contributed by atoms with Gasteiger partial charge in [-0.25, -0.2) is 0 Å². The third kappa shape index (κ3) is 13.3. The molecular formula is C80H74N6O14S2. The van der Waals surface area contributed by atoms with Gasteiger partial charge in [-0.1, -0.05) is 48.5 Å². The van der Waals surface area contributed by atoms with Crippen LogP contribution in [-0.2, 0) is 35.3 Å². The molecule has 9 aromatic carbocycles. The number of pyridine rings is 2. The molecule has 22 heteroatoms. The van der Waals surface area contributed by atoms with Crippen LogP contribution in [0.3, 0.4) is 0 Å². The fraction of sp³-hybridized carbons (Fsp3) is 0.250. The first-order valence-electron chi connectivity index (χ1n) is 33.8. The van der Waals surface area contributed by atoms with Crippen LogP contribution >= 0.6 is 23.5 Å². The van der Waals surface area contributed by atoms with Gasteiger partial charge in [0.2, 0.25) is 11.8 Å². The lowest BCUT2D eigenvalue weighted by Crippen LogP contribution is -2.55. The molecule has 6 amide bonds. The predicted molar refractivity (Wildman–Crippen MR) is 396 cm³/mol. The van der Waals surface area contributed by atoms with E-state index in [1.807, 2.05) is 12.5 Å². The minimum Gasteiger partial charge on any atom is -0.457 e. The number of likely N-dealkylation sites (N-methyl/N-ethyl adjacent to an activating group) is 2. The highest BCUT2D eigenvalue weighted by Crippen LogP contribution is 2.58. The Morgan fingerprint density at radius 2 is 0.647 bits per heavy atom. The number of amides is 6. The topological polar surface area (TPSA) is 259 Å². The quantitative estimate of drug-likeness (QED) is 0.0185. The Bertz CT molecular complexity index is 4430. The van der Waals surface area contributed by atoms with E-state index in [9.17, 15) is 20.4 Å². The lowest BCUT2D eigenvalue weighted by molar-refractivity contribution is -0.123. The predicted octanol–water partition coefficient (Wildman–Crippen LogP) is 13.4. The molecule has 0 radical (unpaired) electrons. The first-order chi connectivity index (χ1) is 49.8. The van der Waals surface area contributed by atoms with Crippen LogP contribution in [0.4, 0.5) is 11.4 Å². The summed E-state index contributed by atoms with van der Waals surface area (Å²) in [6.07, 6.45) is 11.5. The van der Waals surface area contributed by atoms with Gasteiger partial charge >= 0.3 is 0 Å². The molecular weight excluding hydrogens is 1330 g/mol. The summed E-state index contributed by atoms with van der Waals surface area (Å²) in [4.78, 5) is 110. The molecule has 13 rings (SSSR count). The van der Waals surface area contributed by atoms with Gasteiger partial charge in [0.25, 0.3) is 23.6 Å². The Balaban J connectivity index is 1.19. The molecule has 2 aliphatic heterocycles. The van der Waals surface area contributed by atoms with Gasteiger partial charge in [0.15, 0.2) is 0 Å². The van der Waals surface area contributed by atoms with Crippen molar-refractivity contribution in [3.05, 3.63) is 215 Å². The third-order valence-electron chi connectivity index (χ3n) is 18.7. The minimum absolute atomic E-state index is 0.0248. The molecule has 0 aliphatic carbocycles. The number of benzene rings is 9. The molecule has 2 atom stereocenters. The molecule has 0 spiro atoms. The molecule has 0 fully saturated rings. The summed E-state index contributed by atoms with van der Waals surface area (Å²) >= 11 is 2.89. The Labute approximate surface area is 596 Å². The molecule has 2 aliphatic rings. The van der Waals surface area contributed by atoms with Crippen molar-refractivity contribution in [3.8, 4) is 46.0 Å². The van der Waals surface area contributed by atoms with Crippen LogP contribution in [0.2, 0.25) is 0 Å². The molecule has 0 bridgehead atoms. The van der Waals surface area contributed by atoms with E-state index in [4.69, 9.17) is 18.9 Å². The highest BCUT2D eigenvalue weighted by molar-refractivity contribution is 7.98. The van der Waals surface area contributed by atoms with E-state index in [0.29, 0.717) is 48.6 Å². The van der Waals surface area contributed by atoms with Crippen molar-refractivity contribution in [1.29, 1.82) is 0 Å². The van der Waals surface area contributed by atoms with E-state index in [2.05, 4.69) is 9.97 Å². The minimum atomic E-state index is -1.36. The highest BCUT2D eigenvalue weighted by Gasteiger charge is 2.47. The Morgan fingerprint density at radius 3 is 0.873 bits per heavy atom. The smallest absolute Gasteiger partial charge is 0.262 e. The van der Waals surface area contributed by atoms with Gasteiger partial charge in [-0.3, -0.25) is 48.5 Å². The van der Waals surface area contributed by atoms with Gasteiger partial charge in [-0.15, -0.1) is 0 Å². The number of nitrogens with zero attached hydrogens (tertiary/aromatic N) is 6. The van der Waals surface area contributed by atoms with Gasteiger partial charge in [-0.05, 0) is 196 Å². The number of aliphatic hydroxyl groups excluding tert-OH is 4. The van der Waals surface area contributed by atoms with Crippen LogP contribution in [-0.4, -0.2) is 151 Å². The maximum absolute atomic E-state index is 16.4. The zero-order valence-electron chi connectivity index (χ0n) is 56.6. The fourth-order valence-corrected chi connectivity index (χ4v) is 14.8. The van der Waals surface area contributed by atoms with Crippen molar-refractivity contribution < 1.29 is 68.1 Å². The van der Waals surface area contributed by atoms with E-state index in [1.165, 1.54) is 33.3 Å². The second-order valence-corrected chi connectivity index (χ2v) is 26.7. The molecule has 2 unspecified atom stereocenters. The molecule has 4 N–H and O–H groups in total. The SMILES string of the molecule is CCN(C(=O)C(CCSC)N1C(=O)c2cc(Oc3ccc(CCO)cc3)c3c4c(Oc5ccc(CCO)cc5)cc5c6c(cc(Oc7ccc(CCO)cc7)c(c7c(Oc8ccc(CCO)cc8)cc(c2c37)C1=O)c64)C(=O)N(C(CCSC)C(=O)N(CC)c1ccncc1)C5=O)c1ccncc1. The number of ether oxygens (including phenoxy) is 4. The number of carbonyl (C=O) groups excluding carboxylic acids is 6. The second-order valence-electron chi connectivity index (χ2n) is 24.7. The van der Waals surface area contributed by atoms with Gasteiger partial charge in [0.05, 0.1) is 22.3 Å². The van der Waals surface area contributed by atoms with Gasteiger partial charge in [0, 0.05) is 119 Å². The molecule has 0 saturated carbocycles. The van der Waals surface area contributed by atoms with Crippen LogP contribution in [0.25, 0.3) is 43.1 Å². The largest absolute Gasteiger partial charge is 0.457 e. The maximum atomic E-state index is 16.4. The molecule has 20 nitrogen and oxygen atoms in total. The molecule has 0 saturated heterocycles. The zero-order valence-corrected chi connectivity index (χ0v) is 58.2. The molecule has 520 valence electrons. The number of fused-ring (bicyclic) bond motifs is 2. The Hall–Kier alpha value is -10.5. The summed E-state index contributed by atoms with van der Waals surface area (Å²) in [7, 11) is 0. The number of thioether (sulfide) groups is 2. The zero-order chi connectivity index (χ0) is 71.3. The number of aliphatic hydroxyl groups is 4. The van der Waals surface area contributed by atoms with E-state index in [-0.39, 0.29) is 164 Å². The van der Waals surface area contributed by atoms with Crippen molar-refractivity contribution in [3.63, 3.8) is 0 Å². The summed E-state index contributed by atoms with van der Waals surface area (Å²) < 4.78 is 28.9. The molecule has 102 heavy (non-hydrogen) atoms. The molecule has 4 heterocycles. The summed E-state index contributed by atoms with van der Waals surface area (Å²) in [5.41, 5.74) is 4.06. The lowest BCUT2D eigenvalue weighted by Gasteiger charge is -2.37. The number of imide groups is 2.